The van der Waals surface area contributed by atoms with Crippen molar-refractivity contribution in [2.75, 3.05) is 5.73 Å². The van der Waals surface area contributed by atoms with E-state index in [1.165, 1.54) is 0 Å². The molecule has 0 unspecified atom stereocenters. The molecule has 0 aliphatic heterocycles. The van der Waals surface area contributed by atoms with Crippen molar-refractivity contribution >= 4 is 18.3 Å². The Labute approximate surface area is 88.2 Å². The smallest absolute Gasteiger partial charge is 0.0514 e. The molecular weight excluding hydrogens is 196 g/mol. The van der Waals surface area contributed by atoms with Crippen LogP contribution in [0.4, 0.5) is 5.69 Å². The zero-order chi connectivity index (χ0) is 10.7. The Morgan fingerprint density at radius 3 is 2.71 bits per heavy atom. The van der Waals surface area contributed by atoms with Crippen molar-refractivity contribution in [3.63, 3.8) is 0 Å². The molecule has 0 atom stereocenters. The molecule has 0 saturated carbocycles. The highest BCUT2D eigenvalue weighted by molar-refractivity contribution is 7.80. The first kappa shape index (κ1) is 10.8. The van der Waals surface area contributed by atoms with Gasteiger partial charge in [-0.05, 0) is 42.1 Å². The van der Waals surface area contributed by atoms with Crippen molar-refractivity contribution < 1.29 is 0 Å². The average Bonchev–Trinajstić information content (AvgIpc) is 2.18. The topological polar surface area (TPSA) is 74.8 Å². The molecule has 1 aromatic carbocycles. The van der Waals surface area contributed by atoms with E-state index in [4.69, 9.17) is 11.3 Å². The van der Waals surface area contributed by atoms with E-state index in [0.29, 0.717) is 6.54 Å². The lowest BCUT2D eigenvalue weighted by Gasteiger charge is -2.11. The molecule has 0 amide bonds. The molecule has 0 radical (unpaired) electrons. The number of benzene rings is 1. The van der Waals surface area contributed by atoms with Gasteiger partial charge in [0.2, 0.25) is 0 Å². The van der Waals surface area contributed by atoms with E-state index < -0.39 is 0 Å². The first-order chi connectivity index (χ1) is 6.57. The second-order valence-electron chi connectivity index (χ2n) is 3.11. The Morgan fingerprint density at radius 1 is 1.50 bits per heavy atom. The van der Waals surface area contributed by atoms with Crippen LogP contribution < -0.4 is 5.73 Å². The van der Waals surface area contributed by atoms with Crippen LogP contribution in [-0.4, -0.2) is 0 Å². The SMILES string of the molecule is Cc1c(S)cc(CN=[N+]=[N-])c(C)c1N. The lowest BCUT2D eigenvalue weighted by molar-refractivity contribution is 1.01. The van der Waals surface area contributed by atoms with Crippen LogP contribution in [0, 0.1) is 13.8 Å². The molecule has 0 heterocycles. The standard InChI is InChI=1S/C9H12N4S/c1-5-7(4-12-13-11)3-8(14)6(2)9(5)10/h3,14H,4,10H2,1-2H3. The number of azide groups is 1. The lowest BCUT2D eigenvalue weighted by atomic mass is 10.0. The van der Waals surface area contributed by atoms with Gasteiger partial charge in [-0.3, -0.25) is 0 Å². The van der Waals surface area contributed by atoms with Crippen LogP contribution in [0.5, 0.6) is 0 Å². The highest BCUT2D eigenvalue weighted by Gasteiger charge is 2.07. The molecule has 1 aromatic rings. The van der Waals surface area contributed by atoms with Gasteiger partial charge in [-0.15, -0.1) is 12.6 Å². The monoisotopic (exact) mass is 208 g/mol. The summed E-state index contributed by atoms with van der Waals surface area (Å²) in [6.07, 6.45) is 0. The van der Waals surface area contributed by atoms with Gasteiger partial charge in [0.25, 0.3) is 0 Å². The quantitative estimate of drug-likeness (QED) is 0.253. The molecule has 0 aliphatic rings. The number of rotatable bonds is 2. The molecule has 0 fully saturated rings. The van der Waals surface area contributed by atoms with E-state index in [2.05, 4.69) is 22.7 Å². The second-order valence-corrected chi connectivity index (χ2v) is 3.59. The first-order valence-electron chi connectivity index (χ1n) is 4.16. The average molecular weight is 208 g/mol. The molecule has 0 saturated heterocycles. The maximum atomic E-state index is 8.22. The highest BCUT2D eigenvalue weighted by Crippen LogP contribution is 2.27. The minimum Gasteiger partial charge on any atom is -0.398 e. The Bertz CT molecular complexity index is 408. The zero-order valence-corrected chi connectivity index (χ0v) is 9.05. The van der Waals surface area contributed by atoms with Gasteiger partial charge in [0.15, 0.2) is 0 Å². The fourth-order valence-corrected chi connectivity index (χ4v) is 1.52. The van der Waals surface area contributed by atoms with E-state index in [0.717, 1.165) is 27.3 Å². The van der Waals surface area contributed by atoms with Gasteiger partial charge in [-0.2, -0.15) is 0 Å². The molecule has 0 aromatic heterocycles. The van der Waals surface area contributed by atoms with Crippen LogP contribution in [0.15, 0.2) is 16.1 Å². The van der Waals surface area contributed by atoms with E-state index in [-0.39, 0.29) is 0 Å². The molecule has 0 spiro atoms. The summed E-state index contributed by atoms with van der Waals surface area (Å²) in [5.41, 5.74) is 17.7. The van der Waals surface area contributed by atoms with Crippen LogP contribution in [0.1, 0.15) is 16.7 Å². The molecule has 0 aliphatic carbocycles. The number of thiol groups is 1. The summed E-state index contributed by atoms with van der Waals surface area (Å²) in [7, 11) is 0. The fourth-order valence-electron chi connectivity index (χ4n) is 1.25. The number of nitrogen functional groups attached to an aromatic ring is 1. The lowest BCUT2D eigenvalue weighted by Crippen LogP contribution is -1.99. The Morgan fingerprint density at radius 2 is 2.14 bits per heavy atom. The van der Waals surface area contributed by atoms with Gasteiger partial charge in [-0.25, -0.2) is 0 Å². The van der Waals surface area contributed by atoms with Gasteiger partial charge >= 0.3 is 0 Å². The third kappa shape index (κ3) is 1.95. The van der Waals surface area contributed by atoms with Gasteiger partial charge in [0.05, 0.1) is 6.54 Å². The number of nitrogens with zero attached hydrogens (tertiary/aromatic N) is 3. The third-order valence-electron chi connectivity index (χ3n) is 2.29. The maximum absolute atomic E-state index is 8.22. The molecule has 2 N–H and O–H groups in total. The third-order valence-corrected chi connectivity index (χ3v) is 2.75. The summed E-state index contributed by atoms with van der Waals surface area (Å²) in [5.74, 6) is 0. The van der Waals surface area contributed by atoms with E-state index in [1.807, 2.05) is 19.9 Å². The minimum absolute atomic E-state index is 0.320. The number of anilines is 1. The van der Waals surface area contributed by atoms with Gasteiger partial charge < -0.3 is 5.73 Å². The van der Waals surface area contributed by atoms with Crippen molar-refractivity contribution in [1.82, 2.24) is 0 Å². The van der Waals surface area contributed by atoms with Gasteiger partial charge in [0.1, 0.15) is 0 Å². The molecule has 5 heteroatoms. The van der Waals surface area contributed by atoms with Gasteiger partial charge in [0, 0.05) is 15.5 Å². The summed E-state index contributed by atoms with van der Waals surface area (Å²) >= 11 is 4.29. The van der Waals surface area contributed by atoms with Crippen LogP contribution in [0.25, 0.3) is 10.4 Å². The fraction of sp³-hybridized carbons (Fsp3) is 0.333. The van der Waals surface area contributed by atoms with Crippen molar-refractivity contribution in [3.8, 4) is 0 Å². The number of nitrogens with two attached hydrogens (primary N) is 1. The van der Waals surface area contributed by atoms with Crippen LogP contribution in [0.2, 0.25) is 0 Å². The Hall–Kier alpha value is -1.32. The predicted molar refractivity (Wildman–Crippen MR) is 60.4 cm³/mol. The number of hydrogen-bond acceptors (Lipinski definition) is 3. The summed E-state index contributed by atoms with van der Waals surface area (Å²) in [6.45, 7) is 4.15. The summed E-state index contributed by atoms with van der Waals surface area (Å²) < 4.78 is 0. The van der Waals surface area contributed by atoms with Crippen molar-refractivity contribution in [2.45, 2.75) is 25.3 Å². The van der Waals surface area contributed by atoms with Crippen LogP contribution in [0.3, 0.4) is 0 Å². The highest BCUT2D eigenvalue weighted by atomic mass is 32.1. The molecule has 14 heavy (non-hydrogen) atoms. The first-order valence-corrected chi connectivity index (χ1v) is 4.61. The predicted octanol–water partition coefficient (Wildman–Crippen LogP) is 2.98. The summed E-state index contributed by atoms with van der Waals surface area (Å²) in [6, 6.07) is 1.89. The summed E-state index contributed by atoms with van der Waals surface area (Å²) in [4.78, 5) is 3.54. The van der Waals surface area contributed by atoms with E-state index in [9.17, 15) is 0 Å². The maximum Gasteiger partial charge on any atom is 0.0514 e. The molecule has 0 bridgehead atoms. The molecule has 1 rings (SSSR count). The van der Waals surface area contributed by atoms with E-state index in [1.54, 1.807) is 0 Å². The normalized spacial score (nSPS) is 9.64. The Kier molecular flexibility index (Phi) is 3.28. The van der Waals surface area contributed by atoms with Crippen molar-refractivity contribution in [3.05, 3.63) is 33.2 Å². The summed E-state index contributed by atoms with van der Waals surface area (Å²) in [5, 5.41) is 3.51. The second kappa shape index (κ2) is 4.26. The molecule has 74 valence electrons. The largest absolute Gasteiger partial charge is 0.398 e. The molecular formula is C9H12N4S. The van der Waals surface area contributed by atoms with Crippen LogP contribution >= 0.6 is 12.6 Å². The van der Waals surface area contributed by atoms with Gasteiger partial charge in [-0.1, -0.05) is 5.11 Å². The Balaban J connectivity index is 3.25. The minimum atomic E-state index is 0.320. The molecule has 4 nitrogen and oxygen atoms in total. The van der Waals surface area contributed by atoms with Crippen molar-refractivity contribution in [2.24, 2.45) is 5.11 Å². The van der Waals surface area contributed by atoms with Crippen molar-refractivity contribution in [1.29, 1.82) is 0 Å². The van der Waals surface area contributed by atoms with Crippen LogP contribution in [-0.2, 0) is 6.54 Å². The van der Waals surface area contributed by atoms with E-state index >= 15 is 0 Å². The zero-order valence-electron chi connectivity index (χ0n) is 8.15. The number of hydrogen-bond donors (Lipinski definition) is 2.